The summed E-state index contributed by atoms with van der Waals surface area (Å²) in [4.78, 5) is 35.4. The van der Waals surface area contributed by atoms with Crippen LogP contribution in [-0.4, -0.2) is 56.6 Å². The molecule has 5 rings (SSSR count). The van der Waals surface area contributed by atoms with E-state index in [0.717, 1.165) is 39.9 Å². The first-order valence-electron chi connectivity index (χ1n) is 10.3. The summed E-state index contributed by atoms with van der Waals surface area (Å²) in [6.07, 6.45) is 0. The van der Waals surface area contributed by atoms with Gasteiger partial charge >= 0.3 is 6.03 Å². The van der Waals surface area contributed by atoms with Crippen molar-refractivity contribution in [2.45, 2.75) is 13.5 Å². The predicted molar refractivity (Wildman–Crippen MR) is 127 cm³/mol. The maximum atomic E-state index is 12.6. The molecule has 1 aromatic carbocycles. The summed E-state index contributed by atoms with van der Waals surface area (Å²) in [6.45, 7) is 5.30. The van der Waals surface area contributed by atoms with Gasteiger partial charge in [0.1, 0.15) is 0 Å². The van der Waals surface area contributed by atoms with Crippen LogP contribution < -0.4 is 10.9 Å². The van der Waals surface area contributed by atoms with Gasteiger partial charge in [-0.25, -0.2) is 9.78 Å². The highest BCUT2D eigenvalue weighted by molar-refractivity contribution is 7.23. The van der Waals surface area contributed by atoms with Crippen LogP contribution in [0.1, 0.15) is 11.3 Å². The number of aryl methyl sites for hydroxylation is 1. The quantitative estimate of drug-likeness (QED) is 0.498. The highest BCUT2D eigenvalue weighted by Gasteiger charge is 2.22. The van der Waals surface area contributed by atoms with Crippen molar-refractivity contribution in [2.75, 3.05) is 31.5 Å². The van der Waals surface area contributed by atoms with Crippen LogP contribution in [-0.2, 0) is 6.54 Å². The number of carbonyl (C=O) groups is 1. The van der Waals surface area contributed by atoms with Crippen molar-refractivity contribution in [1.82, 2.24) is 24.4 Å². The summed E-state index contributed by atoms with van der Waals surface area (Å²) >= 11 is 3.02. The highest BCUT2D eigenvalue weighted by Crippen LogP contribution is 2.28. The van der Waals surface area contributed by atoms with Crippen LogP contribution in [0.15, 0.2) is 52.6 Å². The molecule has 1 fully saturated rings. The Morgan fingerprint density at radius 1 is 1.12 bits per heavy atom. The van der Waals surface area contributed by atoms with Crippen LogP contribution in [0.2, 0.25) is 0 Å². The van der Waals surface area contributed by atoms with Crippen LogP contribution in [0.5, 0.6) is 0 Å². The van der Waals surface area contributed by atoms with E-state index in [9.17, 15) is 9.59 Å². The van der Waals surface area contributed by atoms with Gasteiger partial charge in [-0.05, 0) is 30.5 Å². The molecule has 0 aliphatic carbocycles. The molecule has 4 aromatic rings. The summed E-state index contributed by atoms with van der Waals surface area (Å²) < 4.78 is 1.37. The summed E-state index contributed by atoms with van der Waals surface area (Å²) in [6, 6.07) is 13.2. The molecule has 8 nitrogen and oxygen atoms in total. The van der Waals surface area contributed by atoms with E-state index in [1.165, 1.54) is 15.9 Å². The van der Waals surface area contributed by atoms with Crippen molar-refractivity contribution >= 4 is 39.4 Å². The smallest absolute Gasteiger partial charge is 0.321 e. The number of piperazine rings is 1. The molecule has 1 aliphatic rings. The summed E-state index contributed by atoms with van der Waals surface area (Å²) in [7, 11) is 0. The van der Waals surface area contributed by atoms with Crippen molar-refractivity contribution < 1.29 is 4.79 Å². The minimum atomic E-state index is -0.167. The van der Waals surface area contributed by atoms with Gasteiger partial charge in [-0.1, -0.05) is 35.1 Å². The van der Waals surface area contributed by atoms with Gasteiger partial charge in [0.05, 0.1) is 10.6 Å². The number of carbonyl (C=O) groups excluding carboxylic acids is 1. The average Bonchev–Trinajstić information content (AvgIpc) is 3.46. The van der Waals surface area contributed by atoms with Gasteiger partial charge in [-0.15, -0.1) is 11.3 Å². The van der Waals surface area contributed by atoms with Gasteiger partial charge in [0, 0.05) is 44.5 Å². The average molecular weight is 467 g/mol. The zero-order chi connectivity index (χ0) is 22.1. The Balaban J connectivity index is 1.21. The lowest BCUT2D eigenvalue weighted by atomic mass is 10.2. The molecule has 1 saturated heterocycles. The number of thiophene rings is 1. The molecule has 2 amide bonds. The van der Waals surface area contributed by atoms with Crippen molar-refractivity contribution in [3.05, 3.63) is 69.5 Å². The number of fused-ring (bicyclic) bond motifs is 1. The molecule has 0 spiro atoms. The van der Waals surface area contributed by atoms with E-state index in [-0.39, 0.29) is 11.6 Å². The minimum absolute atomic E-state index is 0.0861. The maximum Gasteiger partial charge on any atom is 0.321 e. The third-order valence-electron chi connectivity index (χ3n) is 5.38. The van der Waals surface area contributed by atoms with Crippen LogP contribution in [0.3, 0.4) is 0 Å². The molecule has 3 aromatic heterocycles. The maximum absolute atomic E-state index is 12.6. The fraction of sp³-hybridized carbons (Fsp3) is 0.273. The van der Waals surface area contributed by atoms with Crippen molar-refractivity contribution in [1.29, 1.82) is 0 Å². The van der Waals surface area contributed by atoms with E-state index in [1.807, 2.05) is 53.6 Å². The van der Waals surface area contributed by atoms with E-state index in [2.05, 4.69) is 20.3 Å². The lowest BCUT2D eigenvalue weighted by Crippen LogP contribution is -2.49. The third kappa shape index (κ3) is 4.43. The molecule has 1 N–H and O–H groups in total. The van der Waals surface area contributed by atoms with Gasteiger partial charge in [0.25, 0.3) is 5.56 Å². The number of nitrogens with one attached hydrogen (secondary N) is 1. The second-order valence-corrected chi connectivity index (χ2v) is 9.63. The Labute approximate surface area is 192 Å². The number of anilines is 1. The molecule has 164 valence electrons. The molecule has 0 atom stereocenters. The van der Waals surface area contributed by atoms with E-state index in [0.29, 0.717) is 24.6 Å². The first kappa shape index (κ1) is 20.8. The van der Waals surface area contributed by atoms with Gasteiger partial charge in [0.2, 0.25) is 4.96 Å². The molecular formula is C22H22N6O2S2. The normalized spacial score (nSPS) is 14.7. The molecule has 4 heterocycles. The number of rotatable bonds is 4. The van der Waals surface area contributed by atoms with E-state index >= 15 is 0 Å². The molecule has 32 heavy (non-hydrogen) atoms. The fourth-order valence-corrected chi connectivity index (χ4v) is 5.33. The van der Waals surface area contributed by atoms with E-state index < -0.39 is 0 Å². The van der Waals surface area contributed by atoms with Gasteiger partial charge in [0.15, 0.2) is 5.01 Å². The lowest BCUT2D eigenvalue weighted by molar-refractivity contribution is 0.142. The Morgan fingerprint density at radius 3 is 2.62 bits per heavy atom. The Hall–Kier alpha value is -3.08. The number of urea groups is 1. The first-order chi connectivity index (χ1) is 15.5. The van der Waals surface area contributed by atoms with Gasteiger partial charge < -0.3 is 10.2 Å². The Bertz CT molecular complexity index is 1290. The molecule has 0 radical (unpaired) electrons. The number of nitrogens with zero attached hydrogens (tertiary/aromatic N) is 5. The number of amides is 2. The van der Waals surface area contributed by atoms with Crippen molar-refractivity contribution in [3.63, 3.8) is 0 Å². The second kappa shape index (κ2) is 8.81. The summed E-state index contributed by atoms with van der Waals surface area (Å²) in [5.41, 5.74) is 2.52. The number of hydrogen-bond donors (Lipinski definition) is 1. The van der Waals surface area contributed by atoms with Gasteiger partial charge in [-0.3, -0.25) is 9.69 Å². The first-order valence-corrected chi connectivity index (χ1v) is 12.0. The minimum Gasteiger partial charge on any atom is -0.322 e. The van der Waals surface area contributed by atoms with E-state index in [1.54, 1.807) is 17.4 Å². The number of aromatic nitrogens is 3. The molecular weight excluding hydrogens is 444 g/mol. The fourth-order valence-electron chi connectivity index (χ4n) is 3.61. The largest absolute Gasteiger partial charge is 0.322 e. The van der Waals surface area contributed by atoms with Crippen molar-refractivity contribution in [3.8, 4) is 9.88 Å². The molecule has 10 heteroatoms. The van der Waals surface area contributed by atoms with Crippen molar-refractivity contribution in [2.24, 2.45) is 0 Å². The molecule has 0 saturated carbocycles. The third-order valence-corrected chi connectivity index (χ3v) is 7.33. The SMILES string of the molecule is Cc1ccc(NC(=O)N2CCN(Cc3cc(=O)n4nc(-c5cccs5)sc4n3)CC2)cc1. The van der Waals surface area contributed by atoms with Crippen LogP contribution >= 0.6 is 22.7 Å². The second-order valence-electron chi connectivity index (χ2n) is 7.72. The topological polar surface area (TPSA) is 82.8 Å². The Kier molecular flexibility index (Phi) is 5.73. The van der Waals surface area contributed by atoms with Crippen LogP contribution in [0.4, 0.5) is 10.5 Å². The monoisotopic (exact) mass is 466 g/mol. The van der Waals surface area contributed by atoms with Crippen LogP contribution in [0.25, 0.3) is 14.8 Å². The summed E-state index contributed by atoms with van der Waals surface area (Å²) in [5.74, 6) is 0. The molecule has 0 bridgehead atoms. The number of hydrogen-bond acceptors (Lipinski definition) is 7. The zero-order valence-electron chi connectivity index (χ0n) is 17.5. The Morgan fingerprint density at radius 2 is 1.91 bits per heavy atom. The standard InChI is InChI=1S/C22H22N6O2S2/c1-15-4-6-16(7-5-15)23-21(30)27-10-8-26(9-11-27)14-17-13-19(29)28-22(24-17)32-20(25-28)18-3-2-12-31-18/h2-7,12-13H,8-11,14H2,1H3,(H,23,30). The zero-order valence-corrected chi connectivity index (χ0v) is 19.2. The summed E-state index contributed by atoms with van der Waals surface area (Å²) in [5, 5.41) is 10.2. The molecule has 1 aliphatic heterocycles. The van der Waals surface area contributed by atoms with Gasteiger partial charge in [-0.2, -0.15) is 9.61 Å². The highest BCUT2D eigenvalue weighted by atomic mass is 32.1. The van der Waals surface area contributed by atoms with Crippen LogP contribution in [0, 0.1) is 6.92 Å². The van der Waals surface area contributed by atoms with E-state index in [4.69, 9.17) is 0 Å². The predicted octanol–water partition coefficient (Wildman–Crippen LogP) is 3.54. The number of benzene rings is 1. The molecule has 0 unspecified atom stereocenters. The lowest BCUT2D eigenvalue weighted by Gasteiger charge is -2.34.